The molecule has 0 heterocycles. The van der Waals surface area contributed by atoms with Gasteiger partial charge in [-0.15, -0.1) is 0 Å². The van der Waals surface area contributed by atoms with Crippen LogP contribution in [-0.2, 0) is 4.79 Å². The summed E-state index contributed by atoms with van der Waals surface area (Å²) in [6, 6.07) is 19.9. The van der Waals surface area contributed by atoms with Crippen LogP contribution in [0.3, 0.4) is 0 Å². The molecule has 1 fully saturated rings. The van der Waals surface area contributed by atoms with E-state index in [9.17, 15) is 4.79 Å². The summed E-state index contributed by atoms with van der Waals surface area (Å²) in [6.07, 6.45) is 3.59. The average molecular weight is 396 g/mol. The third-order valence-corrected chi connectivity index (χ3v) is 6.07. The normalized spacial score (nSPS) is 21.8. The highest BCUT2D eigenvalue weighted by molar-refractivity contribution is 7.80. The fourth-order valence-electron chi connectivity index (χ4n) is 3.97. The van der Waals surface area contributed by atoms with Crippen molar-refractivity contribution in [2.75, 3.05) is 0 Å². The fraction of sp³-hybridized carbons (Fsp3) is 0.391. The third kappa shape index (κ3) is 5.10. The number of benzene rings is 2. The van der Waals surface area contributed by atoms with Gasteiger partial charge in [0.1, 0.15) is 0 Å². The molecule has 28 heavy (non-hydrogen) atoms. The van der Waals surface area contributed by atoms with Crippen molar-refractivity contribution in [2.45, 2.75) is 45.1 Å². The van der Waals surface area contributed by atoms with E-state index in [-0.39, 0.29) is 5.91 Å². The Morgan fingerprint density at radius 3 is 2.07 bits per heavy atom. The van der Waals surface area contributed by atoms with Gasteiger partial charge in [0.15, 0.2) is 5.11 Å². The molecule has 4 nitrogen and oxygen atoms in total. The molecule has 5 heteroatoms. The maximum atomic E-state index is 13.0. The van der Waals surface area contributed by atoms with Gasteiger partial charge in [-0.1, -0.05) is 87.4 Å². The number of amides is 1. The van der Waals surface area contributed by atoms with Gasteiger partial charge in [0.05, 0.1) is 5.92 Å². The lowest BCUT2D eigenvalue weighted by Crippen LogP contribution is -2.53. The second-order valence-electron chi connectivity index (χ2n) is 7.72. The largest absolute Gasteiger partial charge is 0.358 e. The molecule has 0 radical (unpaired) electrons. The van der Waals surface area contributed by atoms with E-state index in [2.05, 4.69) is 30.0 Å². The third-order valence-electron chi connectivity index (χ3n) is 5.85. The second kappa shape index (κ2) is 9.69. The molecule has 1 aliphatic carbocycles. The van der Waals surface area contributed by atoms with E-state index in [1.54, 1.807) is 0 Å². The van der Waals surface area contributed by atoms with Crippen LogP contribution in [0.25, 0.3) is 0 Å². The van der Waals surface area contributed by atoms with Crippen LogP contribution in [0.2, 0.25) is 0 Å². The predicted molar refractivity (Wildman–Crippen MR) is 118 cm³/mol. The highest BCUT2D eigenvalue weighted by Crippen LogP contribution is 2.29. The highest BCUT2D eigenvalue weighted by atomic mass is 32.1. The summed E-state index contributed by atoms with van der Waals surface area (Å²) in [5, 5.41) is 3.85. The van der Waals surface area contributed by atoms with Crippen LogP contribution in [0.15, 0.2) is 60.7 Å². The lowest BCUT2D eigenvalue weighted by atomic mass is 9.78. The van der Waals surface area contributed by atoms with Crippen LogP contribution in [0.4, 0.5) is 0 Å². The number of hydrazine groups is 1. The number of nitrogens with one attached hydrogen (secondary N) is 3. The van der Waals surface area contributed by atoms with Gasteiger partial charge in [0, 0.05) is 6.04 Å². The Bertz CT molecular complexity index is 741. The lowest BCUT2D eigenvalue weighted by molar-refractivity contribution is -0.122. The molecule has 1 amide bonds. The molecule has 1 aliphatic rings. The second-order valence-corrected chi connectivity index (χ2v) is 8.12. The zero-order valence-electron chi connectivity index (χ0n) is 16.5. The Balaban J connectivity index is 1.63. The molecule has 148 valence electrons. The Kier molecular flexibility index (Phi) is 7.04. The topological polar surface area (TPSA) is 53.2 Å². The SMILES string of the molecule is C[C@@H]1[C@H](C)CCC[C@@H]1NC(=S)NNC(=O)C(c1ccccc1)c1ccccc1. The first-order valence-corrected chi connectivity index (χ1v) is 10.4. The molecule has 0 aliphatic heterocycles. The summed E-state index contributed by atoms with van der Waals surface area (Å²) in [6.45, 7) is 4.56. The fourth-order valence-corrected chi connectivity index (χ4v) is 4.17. The zero-order chi connectivity index (χ0) is 19.9. The summed E-state index contributed by atoms with van der Waals surface area (Å²) in [4.78, 5) is 13.0. The summed E-state index contributed by atoms with van der Waals surface area (Å²) < 4.78 is 0. The lowest BCUT2D eigenvalue weighted by Gasteiger charge is -2.35. The quantitative estimate of drug-likeness (QED) is 0.538. The number of carbonyl (C=O) groups is 1. The Hall–Kier alpha value is -2.40. The van der Waals surface area contributed by atoms with E-state index in [1.165, 1.54) is 12.8 Å². The number of thiocarbonyl (C=S) groups is 1. The Morgan fingerprint density at radius 1 is 0.929 bits per heavy atom. The van der Waals surface area contributed by atoms with Crippen LogP contribution in [0.5, 0.6) is 0 Å². The van der Waals surface area contributed by atoms with Crippen molar-refractivity contribution in [2.24, 2.45) is 11.8 Å². The minimum absolute atomic E-state index is 0.133. The number of hydrogen-bond donors (Lipinski definition) is 3. The number of carbonyl (C=O) groups excluding carboxylic acids is 1. The van der Waals surface area contributed by atoms with Gasteiger partial charge in [0.25, 0.3) is 0 Å². The van der Waals surface area contributed by atoms with Crippen LogP contribution >= 0.6 is 12.2 Å². The number of hydrogen-bond acceptors (Lipinski definition) is 2. The van der Waals surface area contributed by atoms with E-state index < -0.39 is 5.92 Å². The van der Waals surface area contributed by atoms with Crippen molar-refractivity contribution in [3.8, 4) is 0 Å². The van der Waals surface area contributed by atoms with Gasteiger partial charge in [-0.3, -0.25) is 15.6 Å². The smallest absolute Gasteiger partial charge is 0.250 e. The maximum Gasteiger partial charge on any atom is 0.250 e. The van der Waals surface area contributed by atoms with E-state index >= 15 is 0 Å². The molecule has 3 atom stereocenters. The minimum atomic E-state index is -0.397. The molecule has 0 saturated heterocycles. The van der Waals surface area contributed by atoms with Crippen molar-refractivity contribution < 1.29 is 4.79 Å². The Morgan fingerprint density at radius 2 is 1.50 bits per heavy atom. The molecule has 0 spiro atoms. The monoisotopic (exact) mass is 395 g/mol. The van der Waals surface area contributed by atoms with Gasteiger partial charge in [-0.2, -0.15) is 0 Å². The minimum Gasteiger partial charge on any atom is -0.358 e. The molecule has 0 bridgehead atoms. The van der Waals surface area contributed by atoms with Gasteiger partial charge >= 0.3 is 0 Å². The van der Waals surface area contributed by atoms with Gasteiger partial charge in [0.2, 0.25) is 5.91 Å². The first kappa shape index (κ1) is 20.3. The van der Waals surface area contributed by atoms with Gasteiger partial charge < -0.3 is 5.32 Å². The van der Waals surface area contributed by atoms with Crippen molar-refractivity contribution in [3.63, 3.8) is 0 Å². The molecule has 3 N–H and O–H groups in total. The summed E-state index contributed by atoms with van der Waals surface area (Å²) in [7, 11) is 0. The van der Waals surface area contributed by atoms with Crippen molar-refractivity contribution in [3.05, 3.63) is 71.8 Å². The van der Waals surface area contributed by atoms with E-state index in [1.807, 2.05) is 60.7 Å². The molecule has 2 aromatic rings. The summed E-state index contributed by atoms with van der Waals surface area (Å²) in [5.74, 6) is 0.715. The standard InChI is InChI=1S/C23H29N3OS/c1-16-10-9-15-20(17(16)2)24-23(28)26-25-22(27)21(18-11-5-3-6-12-18)19-13-7-4-8-14-19/h3-8,11-14,16-17,20-21H,9-10,15H2,1-2H3,(H,25,27)(H2,24,26,28)/t16-,17-,20+/m1/s1. The molecular weight excluding hydrogens is 366 g/mol. The highest BCUT2D eigenvalue weighted by Gasteiger charge is 2.28. The van der Waals surface area contributed by atoms with Crippen LogP contribution in [0.1, 0.15) is 50.2 Å². The molecule has 0 unspecified atom stereocenters. The van der Waals surface area contributed by atoms with E-state index in [0.29, 0.717) is 23.0 Å². The maximum absolute atomic E-state index is 13.0. The number of rotatable bonds is 4. The van der Waals surface area contributed by atoms with Crippen molar-refractivity contribution >= 4 is 23.2 Å². The van der Waals surface area contributed by atoms with Crippen molar-refractivity contribution in [1.82, 2.24) is 16.2 Å². The summed E-state index contributed by atoms with van der Waals surface area (Å²) >= 11 is 5.43. The van der Waals surface area contributed by atoms with Gasteiger partial charge in [-0.05, 0) is 41.6 Å². The molecular formula is C23H29N3OS. The van der Waals surface area contributed by atoms with Crippen LogP contribution in [-0.4, -0.2) is 17.1 Å². The molecule has 1 saturated carbocycles. The average Bonchev–Trinajstić information content (AvgIpc) is 2.72. The van der Waals surface area contributed by atoms with E-state index in [4.69, 9.17) is 12.2 Å². The molecule has 0 aromatic heterocycles. The molecule has 3 rings (SSSR count). The van der Waals surface area contributed by atoms with Crippen LogP contribution < -0.4 is 16.2 Å². The van der Waals surface area contributed by atoms with E-state index in [0.717, 1.165) is 17.5 Å². The van der Waals surface area contributed by atoms with Crippen LogP contribution in [0, 0.1) is 11.8 Å². The summed E-state index contributed by atoms with van der Waals surface area (Å²) in [5.41, 5.74) is 7.60. The van der Waals surface area contributed by atoms with Gasteiger partial charge in [-0.25, -0.2) is 0 Å². The zero-order valence-corrected chi connectivity index (χ0v) is 17.3. The first-order chi connectivity index (χ1) is 13.6. The Labute approximate surface area is 173 Å². The van der Waals surface area contributed by atoms with Crippen molar-refractivity contribution in [1.29, 1.82) is 0 Å². The predicted octanol–water partition coefficient (Wildman–Crippen LogP) is 4.14. The first-order valence-electron chi connectivity index (χ1n) is 10.0. The molecule has 2 aromatic carbocycles.